The van der Waals surface area contributed by atoms with Gasteiger partial charge in [0.15, 0.2) is 0 Å². The summed E-state index contributed by atoms with van der Waals surface area (Å²) in [4.78, 5) is 15.7. The van der Waals surface area contributed by atoms with Gasteiger partial charge in [-0.05, 0) is 25.7 Å². The second kappa shape index (κ2) is 2.89. The Labute approximate surface area is 79.7 Å². The third-order valence-corrected chi connectivity index (χ3v) is 3.39. The molecule has 74 valence electrons. The Morgan fingerprint density at radius 3 is 2.62 bits per heavy atom. The molecule has 13 heavy (non-hydrogen) atoms. The van der Waals surface area contributed by atoms with E-state index in [4.69, 9.17) is 0 Å². The van der Waals surface area contributed by atoms with Crippen molar-refractivity contribution in [3.63, 3.8) is 0 Å². The highest BCUT2D eigenvalue weighted by molar-refractivity contribution is 5.78. The minimum Gasteiger partial charge on any atom is -0.325 e. The number of hydrogen-bond acceptors (Lipinski definition) is 1. The summed E-state index contributed by atoms with van der Waals surface area (Å²) in [5.41, 5.74) is 0.238. The molecule has 0 aromatic heterocycles. The smallest absolute Gasteiger partial charge is 0.320 e. The quantitative estimate of drug-likeness (QED) is 0.637. The van der Waals surface area contributed by atoms with Crippen LogP contribution >= 0.6 is 0 Å². The molecule has 2 aliphatic rings. The molecule has 0 bridgehead atoms. The summed E-state index contributed by atoms with van der Waals surface area (Å²) in [5, 5.41) is 0. The molecule has 0 atom stereocenters. The van der Waals surface area contributed by atoms with Crippen LogP contribution in [0.3, 0.4) is 0 Å². The Balaban J connectivity index is 2.14. The summed E-state index contributed by atoms with van der Waals surface area (Å²) in [6, 6.07) is 0.238. The first kappa shape index (κ1) is 8.85. The lowest BCUT2D eigenvalue weighted by molar-refractivity contribution is 0.0851. The van der Waals surface area contributed by atoms with E-state index in [1.807, 2.05) is 11.9 Å². The second-order valence-corrected chi connectivity index (χ2v) is 4.37. The summed E-state index contributed by atoms with van der Waals surface area (Å²) in [6.07, 6.45) is 4.79. The van der Waals surface area contributed by atoms with Gasteiger partial charge in [0.25, 0.3) is 0 Å². The van der Waals surface area contributed by atoms with E-state index < -0.39 is 0 Å². The normalized spacial score (nSPS) is 25.5. The van der Waals surface area contributed by atoms with Gasteiger partial charge in [0, 0.05) is 20.1 Å². The van der Waals surface area contributed by atoms with Crippen molar-refractivity contribution in [3.8, 4) is 0 Å². The zero-order valence-electron chi connectivity index (χ0n) is 8.55. The van der Waals surface area contributed by atoms with Gasteiger partial charge in [-0.25, -0.2) is 4.79 Å². The summed E-state index contributed by atoms with van der Waals surface area (Å²) in [7, 11) is 1.91. The van der Waals surface area contributed by atoms with E-state index >= 15 is 0 Å². The molecule has 0 unspecified atom stereocenters. The van der Waals surface area contributed by atoms with Crippen molar-refractivity contribution in [2.24, 2.45) is 0 Å². The lowest BCUT2D eigenvalue weighted by Crippen LogP contribution is -2.52. The van der Waals surface area contributed by atoms with Crippen molar-refractivity contribution in [2.45, 2.75) is 38.1 Å². The van der Waals surface area contributed by atoms with Crippen LogP contribution in [-0.2, 0) is 0 Å². The third kappa shape index (κ3) is 1.13. The fraction of sp³-hybridized carbons (Fsp3) is 0.900. The maximum absolute atomic E-state index is 11.8. The molecular weight excluding hydrogens is 164 g/mol. The van der Waals surface area contributed by atoms with Gasteiger partial charge in [-0.1, -0.05) is 6.92 Å². The monoisotopic (exact) mass is 182 g/mol. The van der Waals surface area contributed by atoms with Crippen LogP contribution in [0.5, 0.6) is 0 Å². The molecule has 0 radical (unpaired) electrons. The maximum Gasteiger partial charge on any atom is 0.320 e. The van der Waals surface area contributed by atoms with Crippen molar-refractivity contribution in [1.29, 1.82) is 0 Å². The molecule has 0 N–H and O–H groups in total. The average Bonchev–Trinajstić information content (AvgIpc) is 2.29. The van der Waals surface area contributed by atoms with Crippen LogP contribution in [0.1, 0.15) is 32.6 Å². The van der Waals surface area contributed by atoms with E-state index in [1.165, 1.54) is 19.3 Å². The fourth-order valence-corrected chi connectivity index (χ4v) is 2.57. The average molecular weight is 182 g/mol. The van der Waals surface area contributed by atoms with Gasteiger partial charge >= 0.3 is 6.03 Å². The van der Waals surface area contributed by atoms with Crippen molar-refractivity contribution >= 4 is 6.03 Å². The predicted molar refractivity (Wildman–Crippen MR) is 51.6 cm³/mol. The van der Waals surface area contributed by atoms with Crippen LogP contribution in [-0.4, -0.2) is 41.5 Å². The van der Waals surface area contributed by atoms with Gasteiger partial charge in [0.2, 0.25) is 0 Å². The maximum atomic E-state index is 11.8. The number of carbonyl (C=O) groups is 1. The fourth-order valence-electron chi connectivity index (χ4n) is 2.57. The lowest BCUT2D eigenvalue weighted by Gasteiger charge is -2.44. The molecule has 1 saturated carbocycles. The summed E-state index contributed by atoms with van der Waals surface area (Å²) in [5.74, 6) is 0. The van der Waals surface area contributed by atoms with Crippen LogP contribution in [0.2, 0.25) is 0 Å². The largest absolute Gasteiger partial charge is 0.325 e. The van der Waals surface area contributed by atoms with Crippen molar-refractivity contribution in [2.75, 3.05) is 20.1 Å². The van der Waals surface area contributed by atoms with E-state index in [2.05, 4.69) is 11.8 Å². The van der Waals surface area contributed by atoms with Crippen LogP contribution in [0.4, 0.5) is 4.79 Å². The molecule has 1 spiro atoms. The Bertz CT molecular complexity index is 223. The zero-order chi connectivity index (χ0) is 9.47. The van der Waals surface area contributed by atoms with Crippen molar-refractivity contribution in [1.82, 2.24) is 9.80 Å². The Kier molecular flexibility index (Phi) is 1.97. The number of nitrogens with zero attached hydrogens (tertiary/aromatic N) is 2. The standard InChI is InChI=1S/C10H18N2O/c1-3-7-12-9(13)11(2)8-10(12)5-4-6-10/h3-8H2,1-2H3. The topological polar surface area (TPSA) is 23.6 Å². The number of hydrogen-bond donors (Lipinski definition) is 0. The number of carbonyl (C=O) groups excluding carboxylic acids is 1. The molecule has 2 fully saturated rings. The van der Waals surface area contributed by atoms with Gasteiger partial charge < -0.3 is 9.80 Å². The van der Waals surface area contributed by atoms with E-state index in [0.717, 1.165) is 19.5 Å². The highest BCUT2D eigenvalue weighted by Crippen LogP contribution is 2.42. The Morgan fingerprint density at radius 2 is 2.15 bits per heavy atom. The summed E-state index contributed by atoms with van der Waals surface area (Å²) in [6.45, 7) is 4.02. The Hall–Kier alpha value is -0.730. The van der Waals surface area contributed by atoms with Crippen molar-refractivity contribution < 1.29 is 4.79 Å². The first-order valence-corrected chi connectivity index (χ1v) is 5.22. The third-order valence-electron chi connectivity index (χ3n) is 3.39. The molecule has 3 nitrogen and oxygen atoms in total. The highest BCUT2D eigenvalue weighted by Gasteiger charge is 2.51. The van der Waals surface area contributed by atoms with Crippen LogP contribution in [0.15, 0.2) is 0 Å². The molecule has 1 saturated heterocycles. The lowest BCUT2D eigenvalue weighted by atomic mass is 9.76. The molecule has 2 rings (SSSR count). The van der Waals surface area contributed by atoms with E-state index in [-0.39, 0.29) is 11.6 Å². The van der Waals surface area contributed by atoms with E-state index in [9.17, 15) is 4.79 Å². The summed E-state index contributed by atoms with van der Waals surface area (Å²) >= 11 is 0. The molecule has 1 aliphatic heterocycles. The predicted octanol–water partition coefficient (Wildman–Crippen LogP) is 1.69. The number of urea groups is 1. The van der Waals surface area contributed by atoms with Gasteiger partial charge in [-0.15, -0.1) is 0 Å². The van der Waals surface area contributed by atoms with Gasteiger partial charge in [0.05, 0.1) is 5.54 Å². The zero-order valence-corrected chi connectivity index (χ0v) is 8.55. The SMILES string of the molecule is CCCN1C(=O)N(C)CC12CCC2. The summed E-state index contributed by atoms with van der Waals surface area (Å²) < 4.78 is 0. The first-order chi connectivity index (χ1) is 6.19. The number of amides is 2. The van der Waals surface area contributed by atoms with Crippen LogP contribution in [0, 0.1) is 0 Å². The molecule has 3 heteroatoms. The van der Waals surface area contributed by atoms with Gasteiger partial charge in [0.1, 0.15) is 0 Å². The minimum atomic E-state index is 0.238. The minimum absolute atomic E-state index is 0.238. The highest BCUT2D eigenvalue weighted by atomic mass is 16.2. The molecule has 0 aromatic rings. The first-order valence-electron chi connectivity index (χ1n) is 5.22. The molecule has 0 aromatic carbocycles. The van der Waals surface area contributed by atoms with Crippen LogP contribution in [0.25, 0.3) is 0 Å². The van der Waals surface area contributed by atoms with E-state index in [0.29, 0.717) is 0 Å². The molecule has 1 heterocycles. The van der Waals surface area contributed by atoms with Crippen molar-refractivity contribution in [3.05, 3.63) is 0 Å². The molecule has 1 aliphatic carbocycles. The van der Waals surface area contributed by atoms with E-state index in [1.54, 1.807) is 0 Å². The van der Waals surface area contributed by atoms with Crippen LogP contribution < -0.4 is 0 Å². The molecular formula is C10H18N2O. The Morgan fingerprint density at radius 1 is 1.46 bits per heavy atom. The number of rotatable bonds is 2. The molecule has 2 amide bonds. The van der Waals surface area contributed by atoms with Gasteiger partial charge in [-0.3, -0.25) is 0 Å². The van der Waals surface area contributed by atoms with Gasteiger partial charge in [-0.2, -0.15) is 0 Å². The number of likely N-dealkylation sites (N-methyl/N-ethyl adjacent to an activating group) is 1. The second-order valence-electron chi connectivity index (χ2n) is 4.37.